The van der Waals surface area contributed by atoms with Crippen LogP contribution in [0.3, 0.4) is 0 Å². The highest BCUT2D eigenvalue weighted by Gasteiger charge is 2.19. The largest absolute Gasteiger partial charge is 0.303 e. The Morgan fingerprint density at radius 1 is 1.53 bits per heavy atom. The van der Waals surface area contributed by atoms with Crippen LogP contribution in [0.2, 0.25) is 0 Å². The molecule has 0 aliphatic rings. The van der Waals surface area contributed by atoms with Crippen LogP contribution in [0.5, 0.6) is 0 Å². The highest BCUT2D eigenvalue weighted by Crippen LogP contribution is 2.17. The highest BCUT2D eigenvalue weighted by molar-refractivity contribution is 7.99. The molecule has 7 heteroatoms. The first kappa shape index (κ1) is 13.9. The summed E-state index contributed by atoms with van der Waals surface area (Å²) in [7, 11) is 3.65. The molecule has 17 heavy (non-hydrogen) atoms. The van der Waals surface area contributed by atoms with Crippen LogP contribution in [0, 0.1) is 11.3 Å². The monoisotopic (exact) mass is 254 g/mol. The zero-order chi connectivity index (χ0) is 12.7. The van der Waals surface area contributed by atoms with E-state index in [2.05, 4.69) is 26.9 Å². The summed E-state index contributed by atoms with van der Waals surface area (Å²) in [6.45, 7) is 1.92. The van der Waals surface area contributed by atoms with Crippen molar-refractivity contribution >= 4 is 11.8 Å². The van der Waals surface area contributed by atoms with Crippen LogP contribution >= 0.6 is 11.8 Å². The Hall–Kier alpha value is -1.13. The maximum atomic E-state index is 8.98. The van der Waals surface area contributed by atoms with Crippen molar-refractivity contribution in [2.75, 3.05) is 12.8 Å². The van der Waals surface area contributed by atoms with E-state index in [-0.39, 0.29) is 0 Å². The van der Waals surface area contributed by atoms with Gasteiger partial charge in [-0.3, -0.25) is 0 Å². The SMILES string of the molecule is CNC(C)(C#N)CCCCSc1nnnn1C. The van der Waals surface area contributed by atoms with E-state index < -0.39 is 5.54 Å². The first-order valence-corrected chi connectivity index (χ1v) is 6.55. The molecule has 1 rings (SSSR count). The number of unbranched alkanes of at least 4 members (excludes halogenated alkanes) is 1. The summed E-state index contributed by atoms with van der Waals surface area (Å²) in [4.78, 5) is 0. The molecule has 94 valence electrons. The zero-order valence-corrected chi connectivity index (χ0v) is 11.3. The number of nitrogens with one attached hydrogen (secondary N) is 1. The molecule has 0 amide bonds. The third kappa shape index (κ3) is 4.32. The minimum absolute atomic E-state index is 0.406. The standard InChI is InChI=1S/C10H18N6S/c1-10(8-11,12-2)6-4-5-7-17-9-13-14-15-16(9)3/h12H,4-7H2,1-3H3. The molecule has 0 saturated carbocycles. The summed E-state index contributed by atoms with van der Waals surface area (Å²) in [6, 6.07) is 2.29. The van der Waals surface area contributed by atoms with Crippen molar-refractivity contribution in [1.29, 1.82) is 5.26 Å². The van der Waals surface area contributed by atoms with Crippen molar-refractivity contribution in [3.05, 3.63) is 0 Å². The van der Waals surface area contributed by atoms with Crippen molar-refractivity contribution < 1.29 is 0 Å². The summed E-state index contributed by atoms with van der Waals surface area (Å²) in [5.74, 6) is 0.972. The molecular formula is C10H18N6S. The molecule has 0 saturated heterocycles. The van der Waals surface area contributed by atoms with Crippen LogP contribution in [0.4, 0.5) is 0 Å². The summed E-state index contributed by atoms with van der Waals surface area (Å²) in [6.07, 6.45) is 2.93. The highest BCUT2D eigenvalue weighted by atomic mass is 32.2. The summed E-state index contributed by atoms with van der Waals surface area (Å²) >= 11 is 1.64. The number of hydrogen-bond acceptors (Lipinski definition) is 6. The van der Waals surface area contributed by atoms with Gasteiger partial charge in [0.1, 0.15) is 5.54 Å². The van der Waals surface area contributed by atoms with Gasteiger partial charge in [0.2, 0.25) is 5.16 Å². The fraction of sp³-hybridized carbons (Fsp3) is 0.800. The maximum Gasteiger partial charge on any atom is 0.209 e. The minimum Gasteiger partial charge on any atom is -0.303 e. The molecule has 0 aromatic carbocycles. The van der Waals surface area contributed by atoms with Crippen LogP contribution in [0.1, 0.15) is 26.2 Å². The molecule has 0 aliphatic heterocycles. The molecule has 6 nitrogen and oxygen atoms in total. The lowest BCUT2D eigenvalue weighted by atomic mass is 9.97. The van der Waals surface area contributed by atoms with Gasteiger partial charge in [0.05, 0.1) is 6.07 Å². The Bertz CT molecular complexity index is 384. The Morgan fingerprint density at radius 3 is 2.82 bits per heavy atom. The van der Waals surface area contributed by atoms with Gasteiger partial charge in [-0.25, -0.2) is 4.68 Å². The molecule has 0 aliphatic carbocycles. The van der Waals surface area contributed by atoms with Gasteiger partial charge < -0.3 is 5.32 Å². The number of tetrazole rings is 1. The van der Waals surface area contributed by atoms with Crippen molar-refractivity contribution in [3.63, 3.8) is 0 Å². The Balaban J connectivity index is 2.18. The lowest BCUT2D eigenvalue weighted by Gasteiger charge is -2.20. The van der Waals surface area contributed by atoms with Crippen molar-refractivity contribution in [3.8, 4) is 6.07 Å². The normalized spacial score (nSPS) is 14.2. The molecule has 0 fully saturated rings. The molecule has 1 aromatic heterocycles. The molecule has 1 atom stereocenters. The van der Waals surface area contributed by atoms with Crippen LogP contribution in [0.25, 0.3) is 0 Å². The predicted molar refractivity (Wildman–Crippen MR) is 66.5 cm³/mol. The number of thioether (sulfide) groups is 1. The summed E-state index contributed by atoms with van der Waals surface area (Å²) in [5.41, 5.74) is -0.406. The Labute approximate surface area is 106 Å². The van der Waals surface area contributed by atoms with Gasteiger partial charge in [-0.1, -0.05) is 11.8 Å². The molecule has 0 radical (unpaired) electrons. The topological polar surface area (TPSA) is 79.4 Å². The van der Waals surface area contributed by atoms with E-state index in [0.717, 1.165) is 30.2 Å². The number of aryl methyl sites for hydroxylation is 1. The molecule has 0 spiro atoms. The maximum absolute atomic E-state index is 8.98. The van der Waals surface area contributed by atoms with Gasteiger partial charge >= 0.3 is 0 Å². The smallest absolute Gasteiger partial charge is 0.209 e. The van der Waals surface area contributed by atoms with E-state index in [9.17, 15) is 0 Å². The van der Waals surface area contributed by atoms with Crippen molar-refractivity contribution in [2.45, 2.75) is 36.9 Å². The minimum atomic E-state index is -0.406. The van der Waals surface area contributed by atoms with E-state index in [1.165, 1.54) is 0 Å². The van der Waals surface area contributed by atoms with E-state index in [0.29, 0.717) is 0 Å². The number of rotatable bonds is 7. The third-order valence-corrected chi connectivity index (χ3v) is 3.78. The van der Waals surface area contributed by atoms with Gasteiger partial charge in [0.25, 0.3) is 0 Å². The van der Waals surface area contributed by atoms with E-state index in [1.807, 2.05) is 21.0 Å². The molecular weight excluding hydrogens is 236 g/mol. The van der Waals surface area contributed by atoms with Crippen LogP contribution < -0.4 is 5.32 Å². The average Bonchev–Trinajstić information content (AvgIpc) is 2.74. The van der Waals surface area contributed by atoms with Gasteiger partial charge in [0.15, 0.2) is 0 Å². The lowest BCUT2D eigenvalue weighted by molar-refractivity contribution is 0.439. The Morgan fingerprint density at radius 2 is 2.29 bits per heavy atom. The van der Waals surface area contributed by atoms with E-state index >= 15 is 0 Å². The molecule has 0 bridgehead atoms. The molecule has 1 N–H and O–H groups in total. The fourth-order valence-electron chi connectivity index (χ4n) is 1.32. The summed E-state index contributed by atoms with van der Waals surface area (Å²) in [5, 5.41) is 24.1. The van der Waals surface area contributed by atoms with Gasteiger partial charge in [-0.15, -0.1) is 5.10 Å². The number of nitrogens with zero attached hydrogens (tertiary/aromatic N) is 5. The predicted octanol–water partition coefficient (Wildman–Crippen LogP) is 0.974. The average molecular weight is 254 g/mol. The first-order valence-electron chi connectivity index (χ1n) is 5.56. The first-order chi connectivity index (χ1) is 8.11. The second-order valence-electron chi connectivity index (χ2n) is 4.08. The van der Waals surface area contributed by atoms with E-state index in [4.69, 9.17) is 5.26 Å². The molecule has 1 unspecified atom stereocenters. The number of nitriles is 1. The fourth-order valence-corrected chi connectivity index (χ4v) is 2.17. The zero-order valence-electron chi connectivity index (χ0n) is 10.5. The summed E-state index contributed by atoms with van der Waals surface area (Å²) < 4.78 is 1.66. The van der Waals surface area contributed by atoms with E-state index in [1.54, 1.807) is 16.4 Å². The van der Waals surface area contributed by atoms with Gasteiger partial charge in [0, 0.05) is 12.8 Å². The van der Waals surface area contributed by atoms with Crippen molar-refractivity contribution in [1.82, 2.24) is 25.5 Å². The van der Waals surface area contributed by atoms with Gasteiger partial charge in [-0.05, 0) is 43.7 Å². The number of hydrogen-bond donors (Lipinski definition) is 1. The number of aromatic nitrogens is 4. The molecule has 1 heterocycles. The van der Waals surface area contributed by atoms with Gasteiger partial charge in [-0.2, -0.15) is 5.26 Å². The quantitative estimate of drug-likeness (QED) is 0.577. The second-order valence-corrected chi connectivity index (χ2v) is 5.15. The lowest BCUT2D eigenvalue weighted by Crippen LogP contribution is -2.37. The van der Waals surface area contributed by atoms with Crippen molar-refractivity contribution in [2.24, 2.45) is 7.05 Å². The third-order valence-electron chi connectivity index (χ3n) is 2.68. The second kappa shape index (κ2) is 6.57. The molecule has 1 aromatic rings. The van der Waals surface area contributed by atoms with Crippen LogP contribution in [-0.4, -0.2) is 38.5 Å². The Kier molecular flexibility index (Phi) is 5.38. The van der Waals surface area contributed by atoms with Crippen LogP contribution in [0.15, 0.2) is 5.16 Å². The van der Waals surface area contributed by atoms with Crippen LogP contribution in [-0.2, 0) is 7.05 Å².